The fourth-order valence-corrected chi connectivity index (χ4v) is 0.735. The summed E-state index contributed by atoms with van der Waals surface area (Å²) in [6, 6.07) is 0. The minimum absolute atomic E-state index is 0.00333. The predicted octanol–water partition coefficient (Wildman–Crippen LogP) is -0.0207. The van der Waals surface area contributed by atoms with Crippen molar-refractivity contribution in [3.8, 4) is 0 Å². The number of aliphatic hydroxyl groups excluding tert-OH is 1. The van der Waals surface area contributed by atoms with Crippen LogP contribution in [0.4, 0.5) is 0 Å². The maximum Gasteiger partial charge on any atom is 0.123 e. The minimum Gasteiger partial charge on any atom is -0.390 e. The molecule has 1 aromatic rings. The van der Waals surface area contributed by atoms with Gasteiger partial charge in [0.25, 0.3) is 0 Å². The van der Waals surface area contributed by atoms with E-state index in [4.69, 9.17) is 9.84 Å². The van der Waals surface area contributed by atoms with Crippen molar-refractivity contribution in [1.82, 2.24) is 9.55 Å². The molecule has 0 unspecified atom stereocenters. The summed E-state index contributed by atoms with van der Waals surface area (Å²) in [4.78, 5) is 3.83. The summed E-state index contributed by atoms with van der Waals surface area (Å²) in [6.07, 6.45) is 3.23. The quantitative estimate of drug-likeness (QED) is 0.645. The van der Waals surface area contributed by atoms with Gasteiger partial charge in [0.05, 0.1) is 24.8 Å². The Kier molecular flexibility index (Phi) is 2.42. The van der Waals surface area contributed by atoms with Crippen LogP contribution in [0.3, 0.4) is 0 Å². The Labute approximate surface area is 59.1 Å². The molecule has 0 radical (unpaired) electrons. The van der Waals surface area contributed by atoms with Gasteiger partial charge in [-0.1, -0.05) is 0 Å². The van der Waals surface area contributed by atoms with Crippen molar-refractivity contribution in [3.05, 3.63) is 18.2 Å². The molecule has 0 saturated carbocycles. The number of imidazole rings is 1. The monoisotopic (exact) mass is 142 g/mol. The second kappa shape index (κ2) is 3.34. The van der Waals surface area contributed by atoms with E-state index < -0.39 is 0 Å². The van der Waals surface area contributed by atoms with Gasteiger partial charge in [0.15, 0.2) is 0 Å². The van der Waals surface area contributed by atoms with E-state index in [1.54, 1.807) is 24.2 Å². The zero-order chi connectivity index (χ0) is 7.40. The number of hydrogen-bond donors (Lipinski definition) is 1. The van der Waals surface area contributed by atoms with E-state index in [1.165, 1.54) is 0 Å². The van der Waals surface area contributed by atoms with E-state index in [0.29, 0.717) is 6.73 Å². The summed E-state index contributed by atoms with van der Waals surface area (Å²) in [5.74, 6) is 0. The highest BCUT2D eigenvalue weighted by Crippen LogP contribution is 1.97. The number of rotatable bonds is 3. The Balaban J connectivity index is 2.70. The maximum absolute atomic E-state index is 8.72. The van der Waals surface area contributed by atoms with Crippen LogP contribution in [0.5, 0.6) is 0 Å². The first-order valence-corrected chi connectivity index (χ1v) is 2.97. The highest BCUT2D eigenvalue weighted by Gasteiger charge is 1.97. The van der Waals surface area contributed by atoms with Crippen LogP contribution in [-0.4, -0.2) is 21.8 Å². The predicted molar refractivity (Wildman–Crippen MR) is 35.2 cm³/mol. The van der Waals surface area contributed by atoms with Crippen molar-refractivity contribution in [2.75, 3.05) is 7.11 Å². The molecule has 1 rings (SSSR count). The molecule has 0 aliphatic rings. The van der Waals surface area contributed by atoms with Gasteiger partial charge in [0.2, 0.25) is 0 Å². The summed E-state index contributed by atoms with van der Waals surface area (Å²) in [6.45, 7) is 0.444. The zero-order valence-corrected chi connectivity index (χ0v) is 5.82. The normalized spacial score (nSPS) is 10.2. The Morgan fingerprint density at radius 3 is 3.20 bits per heavy atom. The molecule has 4 heteroatoms. The minimum atomic E-state index is 0.00333. The molecule has 1 N–H and O–H groups in total. The van der Waals surface area contributed by atoms with Gasteiger partial charge in [-0.3, -0.25) is 0 Å². The summed E-state index contributed by atoms with van der Waals surface area (Å²) in [5, 5.41) is 8.72. The highest BCUT2D eigenvalue weighted by atomic mass is 16.5. The Morgan fingerprint density at radius 1 is 1.80 bits per heavy atom. The van der Waals surface area contributed by atoms with Crippen molar-refractivity contribution < 1.29 is 9.84 Å². The smallest absolute Gasteiger partial charge is 0.123 e. The van der Waals surface area contributed by atoms with E-state index in [2.05, 4.69) is 4.98 Å². The molecule has 1 heterocycles. The van der Waals surface area contributed by atoms with Crippen molar-refractivity contribution in [2.45, 2.75) is 13.3 Å². The molecule has 0 spiro atoms. The Hall–Kier alpha value is -0.870. The summed E-state index contributed by atoms with van der Waals surface area (Å²) in [7, 11) is 1.60. The van der Waals surface area contributed by atoms with Crippen LogP contribution in [-0.2, 0) is 18.1 Å². The van der Waals surface area contributed by atoms with E-state index in [-0.39, 0.29) is 6.61 Å². The van der Waals surface area contributed by atoms with Crippen molar-refractivity contribution in [1.29, 1.82) is 0 Å². The van der Waals surface area contributed by atoms with E-state index in [1.807, 2.05) is 0 Å². The van der Waals surface area contributed by atoms with E-state index in [0.717, 1.165) is 5.69 Å². The van der Waals surface area contributed by atoms with Gasteiger partial charge >= 0.3 is 0 Å². The van der Waals surface area contributed by atoms with Crippen molar-refractivity contribution in [3.63, 3.8) is 0 Å². The molecule has 56 valence electrons. The van der Waals surface area contributed by atoms with E-state index >= 15 is 0 Å². The fraction of sp³-hybridized carbons (Fsp3) is 0.500. The van der Waals surface area contributed by atoms with Crippen molar-refractivity contribution in [2.24, 2.45) is 0 Å². The molecule has 0 aliphatic carbocycles. The van der Waals surface area contributed by atoms with Gasteiger partial charge in [0.1, 0.15) is 6.73 Å². The largest absolute Gasteiger partial charge is 0.390 e. The van der Waals surface area contributed by atoms with Gasteiger partial charge in [-0.05, 0) is 0 Å². The number of aromatic nitrogens is 2. The lowest BCUT2D eigenvalue weighted by Gasteiger charge is -2.02. The third-order valence-corrected chi connectivity index (χ3v) is 1.23. The first-order valence-electron chi connectivity index (χ1n) is 2.97. The van der Waals surface area contributed by atoms with Crippen LogP contribution in [0.1, 0.15) is 5.69 Å². The molecule has 0 aromatic carbocycles. The molecule has 10 heavy (non-hydrogen) atoms. The first kappa shape index (κ1) is 7.24. The van der Waals surface area contributed by atoms with Crippen LogP contribution >= 0.6 is 0 Å². The number of hydrogen-bond acceptors (Lipinski definition) is 3. The number of ether oxygens (including phenoxy) is 1. The zero-order valence-electron chi connectivity index (χ0n) is 5.82. The molecule has 0 amide bonds. The first-order chi connectivity index (χ1) is 4.88. The Morgan fingerprint density at radius 2 is 2.60 bits per heavy atom. The molecule has 0 saturated heterocycles. The molecule has 0 fully saturated rings. The Bertz CT molecular complexity index is 197. The lowest BCUT2D eigenvalue weighted by Crippen LogP contribution is -2.02. The SMILES string of the molecule is COCn1cncc1CO. The second-order valence-corrected chi connectivity index (χ2v) is 1.93. The van der Waals surface area contributed by atoms with Gasteiger partial charge in [-0.15, -0.1) is 0 Å². The van der Waals surface area contributed by atoms with Crippen LogP contribution in [0.15, 0.2) is 12.5 Å². The van der Waals surface area contributed by atoms with Crippen LogP contribution in [0.25, 0.3) is 0 Å². The summed E-state index contributed by atoms with van der Waals surface area (Å²) in [5.41, 5.74) is 0.766. The number of nitrogens with zero attached hydrogens (tertiary/aromatic N) is 2. The van der Waals surface area contributed by atoms with E-state index in [9.17, 15) is 0 Å². The molecule has 1 aromatic heterocycles. The molecular formula is C6H10N2O2. The molecular weight excluding hydrogens is 132 g/mol. The van der Waals surface area contributed by atoms with Crippen molar-refractivity contribution >= 4 is 0 Å². The number of methoxy groups -OCH3 is 1. The van der Waals surface area contributed by atoms with Crippen LogP contribution in [0, 0.1) is 0 Å². The summed E-state index contributed by atoms with van der Waals surface area (Å²) < 4.78 is 6.58. The molecule has 4 nitrogen and oxygen atoms in total. The lowest BCUT2D eigenvalue weighted by atomic mass is 10.5. The number of aliphatic hydroxyl groups is 1. The third-order valence-electron chi connectivity index (χ3n) is 1.23. The maximum atomic E-state index is 8.72. The van der Waals surface area contributed by atoms with Gasteiger partial charge < -0.3 is 14.4 Å². The van der Waals surface area contributed by atoms with Gasteiger partial charge in [-0.2, -0.15) is 0 Å². The van der Waals surface area contributed by atoms with Crippen LogP contribution < -0.4 is 0 Å². The molecule has 0 atom stereocenters. The molecule has 0 bridgehead atoms. The average molecular weight is 142 g/mol. The highest BCUT2D eigenvalue weighted by molar-refractivity contribution is 4.94. The van der Waals surface area contributed by atoms with Gasteiger partial charge in [0, 0.05) is 7.11 Å². The fourth-order valence-electron chi connectivity index (χ4n) is 0.735. The average Bonchev–Trinajstić information content (AvgIpc) is 2.36. The van der Waals surface area contributed by atoms with Crippen LogP contribution in [0.2, 0.25) is 0 Å². The standard InChI is InChI=1S/C6H10N2O2/c1-10-5-8-4-7-2-6(8)3-9/h2,4,9H,3,5H2,1H3. The second-order valence-electron chi connectivity index (χ2n) is 1.93. The molecule has 0 aliphatic heterocycles. The summed E-state index contributed by atoms with van der Waals surface area (Å²) >= 11 is 0. The third kappa shape index (κ3) is 1.34. The van der Waals surface area contributed by atoms with Gasteiger partial charge in [-0.25, -0.2) is 4.98 Å². The lowest BCUT2D eigenvalue weighted by molar-refractivity contribution is 0.124. The topological polar surface area (TPSA) is 47.3 Å².